The number of ketones is 1. The lowest BCUT2D eigenvalue weighted by Crippen LogP contribution is -2.21. The predicted molar refractivity (Wildman–Crippen MR) is 123 cm³/mol. The minimum absolute atomic E-state index is 0.109. The SMILES string of the molecule is CS(=O)(=O)Cc1nc2ccccc2n1CC(=O)Nc1cccc(C(=O)c2ccccc2)c1. The Hall–Kier alpha value is -3.78. The summed E-state index contributed by atoms with van der Waals surface area (Å²) in [6, 6.07) is 22.8. The molecule has 0 saturated heterocycles. The first-order chi connectivity index (χ1) is 15.3. The van der Waals surface area contributed by atoms with Crippen molar-refractivity contribution < 1.29 is 18.0 Å². The van der Waals surface area contributed by atoms with Crippen LogP contribution in [0.3, 0.4) is 0 Å². The highest BCUT2D eigenvalue weighted by Gasteiger charge is 2.18. The van der Waals surface area contributed by atoms with Crippen LogP contribution in [0.4, 0.5) is 5.69 Å². The summed E-state index contributed by atoms with van der Waals surface area (Å²) in [6.07, 6.45) is 1.13. The number of fused-ring (bicyclic) bond motifs is 1. The van der Waals surface area contributed by atoms with Crippen molar-refractivity contribution in [2.75, 3.05) is 11.6 Å². The summed E-state index contributed by atoms with van der Waals surface area (Å²) < 4.78 is 25.3. The Kier molecular flexibility index (Phi) is 5.87. The van der Waals surface area contributed by atoms with E-state index in [1.165, 1.54) is 0 Å². The number of carbonyl (C=O) groups is 2. The first-order valence-corrected chi connectivity index (χ1v) is 12.0. The molecule has 1 N–H and O–H groups in total. The highest BCUT2D eigenvalue weighted by atomic mass is 32.2. The van der Waals surface area contributed by atoms with Crippen molar-refractivity contribution in [3.8, 4) is 0 Å². The number of hydrogen-bond acceptors (Lipinski definition) is 5. The quantitative estimate of drug-likeness (QED) is 0.438. The molecule has 0 aliphatic carbocycles. The van der Waals surface area contributed by atoms with Crippen molar-refractivity contribution in [2.24, 2.45) is 0 Å². The number of carbonyl (C=O) groups excluding carboxylic acids is 2. The van der Waals surface area contributed by atoms with Gasteiger partial charge in [-0.3, -0.25) is 9.59 Å². The van der Waals surface area contributed by atoms with Crippen molar-refractivity contribution >= 4 is 38.2 Å². The zero-order chi connectivity index (χ0) is 22.7. The van der Waals surface area contributed by atoms with Gasteiger partial charge in [-0.15, -0.1) is 0 Å². The smallest absolute Gasteiger partial charge is 0.244 e. The van der Waals surface area contributed by atoms with Gasteiger partial charge in [0.1, 0.15) is 18.1 Å². The van der Waals surface area contributed by atoms with Gasteiger partial charge in [-0.05, 0) is 24.3 Å². The molecule has 4 rings (SSSR count). The van der Waals surface area contributed by atoms with E-state index in [9.17, 15) is 18.0 Å². The zero-order valence-corrected chi connectivity index (χ0v) is 18.2. The van der Waals surface area contributed by atoms with Crippen molar-refractivity contribution in [2.45, 2.75) is 12.3 Å². The molecule has 0 aliphatic heterocycles. The number of amides is 1. The third-order valence-electron chi connectivity index (χ3n) is 4.87. The number of para-hydroxylation sites is 2. The van der Waals surface area contributed by atoms with Crippen LogP contribution in [0.2, 0.25) is 0 Å². The molecule has 3 aromatic carbocycles. The van der Waals surface area contributed by atoms with Crippen LogP contribution in [0.1, 0.15) is 21.7 Å². The minimum Gasteiger partial charge on any atom is -0.325 e. The van der Waals surface area contributed by atoms with Crippen LogP contribution in [-0.4, -0.2) is 35.9 Å². The molecule has 0 aliphatic rings. The Bertz CT molecular complexity index is 1410. The maximum atomic E-state index is 12.8. The molecule has 0 atom stereocenters. The average Bonchev–Trinajstić information content (AvgIpc) is 3.09. The lowest BCUT2D eigenvalue weighted by Gasteiger charge is -2.11. The van der Waals surface area contributed by atoms with E-state index in [4.69, 9.17) is 0 Å². The van der Waals surface area contributed by atoms with Gasteiger partial charge in [0.2, 0.25) is 5.91 Å². The second-order valence-corrected chi connectivity index (χ2v) is 9.64. The molecule has 8 heteroatoms. The molecule has 0 bridgehead atoms. The van der Waals surface area contributed by atoms with E-state index >= 15 is 0 Å². The number of anilines is 1. The largest absolute Gasteiger partial charge is 0.325 e. The molecule has 1 amide bonds. The molecule has 0 spiro atoms. The normalized spacial score (nSPS) is 11.4. The number of aromatic nitrogens is 2. The Labute approximate surface area is 185 Å². The number of nitrogens with one attached hydrogen (secondary N) is 1. The Morgan fingerprint density at radius 3 is 2.34 bits per heavy atom. The average molecular weight is 448 g/mol. The summed E-state index contributed by atoms with van der Waals surface area (Å²) in [5.41, 5.74) is 2.79. The molecule has 0 unspecified atom stereocenters. The highest BCUT2D eigenvalue weighted by molar-refractivity contribution is 7.89. The van der Waals surface area contributed by atoms with Crippen molar-refractivity contribution in [1.82, 2.24) is 9.55 Å². The third-order valence-corrected chi connectivity index (χ3v) is 5.65. The summed E-state index contributed by atoms with van der Waals surface area (Å²) in [6.45, 7) is -0.109. The number of hydrogen-bond donors (Lipinski definition) is 1. The van der Waals surface area contributed by atoms with Crippen molar-refractivity contribution in [3.63, 3.8) is 0 Å². The van der Waals surface area contributed by atoms with Gasteiger partial charge in [0.05, 0.1) is 11.0 Å². The summed E-state index contributed by atoms with van der Waals surface area (Å²) in [7, 11) is -3.34. The molecule has 32 heavy (non-hydrogen) atoms. The molecule has 1 heterocycles. The van der Waals surface area contributed by atoms with Crippen LogP contribution in [-0.2, 0) is 26.9 Å². The molecular weight excluding hydrogens is 426 g/mol. The maximum absolute atomic E-state index is 12.8. The zero-order valence-electron chi connectivity index (χ0n) is 17.4. The first kappa shape index (κ1) is 21.5. The number of sulfone groups is 1. The van der Waals surface area contributed by atoms with Gasteiger partial charge in [-0.2, -0.15) is 0 Å². The molecular formula is C24H21N3O4S. The van der Waals surface area contributed by atoms with Crippen molar-refractivity contribution in [1.29, 1.82) is 0 Å². The highest BCUT2D eigenvalue weighted by Crippen LogP contribution is 2.19. The predicted octanol–water partition coefficient (Wildman–Crippen LogP) is 3.45. The topological polar surface area (TPSA) is 98.1 Å². The van der Waals surface area contributed by atoms with E-state index in [2.05, 4.69) is 10.3 Å². The molecule has 1 aromatic heterocycles. The van der Waals surface area contributed by atoms with E-state index in [1.807, 2.05) is 6.07 Å². The van der Waals surface area contributed by atoms with Crippen LogP contribution in [0.5, 0.6) is 0 Å². The fourth-order valence-corrected chi connectivity index (χ4v) is 4.17. The van der Waals surface area contributed by atoms with E-state index < -0.39 is 9.84 Å². The van der Waals surface area contributed by atoms with Crippen LogP contribution in [0.25, 0.3) is 11.0 Å². The fraction of sp³-hybridized carbons (Fsp3) is 0.125. The Morgan fingerprint density at radius 1 is 0.906 bits per heavy atom. The van der Waals surface area contributed by atoms with Gasteiger partial charge >= 0.3 is 0 Å². The number of benzene rings is 3. The van der Waals surface area contributed by atoms with Gasteiger partial charge in [-0.25, -0.2) is 13.4 Å². The van der Waals surface area contributed by atoms with Gasteiger partial charge in [0, 0.05) is 23.1 Å². The van der Waals surface area contributed by atoms with E-state index in [0.717, 1.165) is 6.26 Å². The molecule has 4 aromatic rings. The van der Waals surface area contributed by atoms with Crippen LogP contribution in [0.15, 0.2) is 78.9 Å². The van der Waals surface area contributed by atoms with E-state index in [0.29, 0.717) is 33.7 Å². The number of imidazole rings is 1. The summed E-state index contributed by atoms with van der Waals surface area (Å²) in [4.78, 5) is 29.9. The lowest BCUT2D eigenvalue weighted by molar-refractivity contribution is -0.116. The lowest BCUT2D eigenvalue weighted by atomic mass is 10.0. The molecule has 7 nitrogen and oxygen atoms in total. The second-order valence-electron chi connectivity index (χ2n) is 7.50. The van der Waals surface area contributed by atoms with Crippen LogP contribution >= 0.6 is 0 Å². The number of nitrogens with zero attached hydrogens (tertiary/aromatic N) is 2. The van der Waals surface area contributed by atoms with Crippen LogP contribution in [0, 0.1) is 0 Å². The maximum Gasteiger partial charge on any atom is 0.244 e. The van der Waals surface area contributed by atoms with Gasteiger partial charge in [0.25, 0.3) is 0 Å². The third kappa shape index (κ3) is 4.92. The standard InChI is InChI=1S/C24H21N3O4S/c1-32(30,31)16-22-26-20-12-5-6-13-21(20)27(22)15-23(28)25-19-11-7-10-18(14-19)24(29)17-8-3-2-4-9-17/h2-14H,15-16H2,1H3,(H,25,28). The fourth-order valence-electron chi connectivity index (χ4n) is 3.49. The van der Waals surface area contributed by atoms with E-state index in [1.54, 1.807) is 77.4 Å². The summed E-state index contributed by atoms with van der Waals surface area (Å²) >= 11 is 0. The minimum atomic E-state index is -3.34. The van der Waals surface area contributed by atoms with Crippen molar-refractivity contribution in [3.05, 3.63) is 95.8 Å². The molecule has 0 radical (unpaired) electrons. The monoisotopic (exact) mass is 447 g/mol. The first-order valence-electron chi connectivity index (χ1n) is 9.92. The van der Waals surface area contributed by atoms with Gasteiger partial charge in [0.15, 0.2) is 15.6 Å². The molecule has 0 saturated carbocycles. The van der Waals surface area contributed by atoms with Gasteiger partial charge in [-0.1, -0.05) is 54.6 Å². The second kappa shape index (κ2) is 8.76. The summed E-state index contributed by atoms with van der Waals surface area (Å²) in [5.74, 6) is -0.461. The summed E-state index contributed by atoms with van der Waals surface area (Å²) in [5, 5.41) is 2.79. The van der Waals surface area contributed by atoms with Crippen LogP contribution < -0.4 is 5.32 Å². The van der Waals surface area contributed by atoms with Gasteiger partial charge < -0.3 is 9.88 Å². The molecule has 0 fully saturated rings. The number of rotatable bonds is 7. The van der Waals surface area contributed by atoms with E-state index in [-0.39, 0.29) is 24.0 Å². The molecule has 162 valence electrons. The Morgan fingerprint density at radius 2 is 1.59 bits per heavy atom. The Balaban J connectivity index is 1.57.